The highest BCUT2D eigenvalue weighted by Gasteiger charge is 2.13. The maximum atomic E-state index is 12.0. The van der Waals surface area contributed by atoms with Crippen LogP contribution in [0.15, 0.2) is 0 Å². The second-order valence-corrected chi connectivity index (χ2v) is 15.8. The Labute approximate surface area is 307 Å². The molecule has 1 unspecified atom stereocenters. The van der Waals surface area contributed by atoms with Gasteiger partial charge in [-0.1, -0.05) is 214 Å². The molecule has 0 saturated heterocycles. The van der Waals surface area contributed by atoms with Gasteiger partial charge in [0, 0.05) is 12.8 Å². The Hall–Kier alpha value is -1.06. The molecule has 1 atom stereocenters. The summed E-state index contributed by atoms with van der Waals surface area (Å²) in [6.45, 7) is 10.5. The van der Waals surface area contributed by atoms with Crippen LogP contribution in [0.1, 0.15) is 252 Å². The van der Waals surface area contributed by atoms with E-state index >= 15 is 0 Å². The molecule has 0 aromatic heterocycles. The summed E-state index contributed by atoms with van der Waals surface area (Å²) in [5.74, 6) is 1.58. The van der Waals surface area contributed by atoms with Gasteiger partial charge >= 0.3 is 11.9 Å². The number of hydrogen-bond donors (Lipinski definition) is 0. The number of carbonyl (C=O) groups excluding carboxylic acids is 2. The van der Waals surface area contributed by atoms with E-state index < -0.39 is 0 Å². The van der Waals surface area contributed by atoms with Gasteiger partial charge in [0.25, 0.3) is 0 Å². The zero-order chi connectivity index (χ0) is 35.9. The van der Waals surface area contributed by atoms with E-state index in [0.717, 1.165) is 37.5 Å². The van der Waals surface area contributed by atoms with Crippen LogP contribution in [0.2, 0.25) is 0 Å². The molecular weight excluding hydrogens is 604 g/mol. The number of rotatable bonds is 40. The van der Waals surface area contributed by atoms with Crippen LogP contribution in [0.25, 0.3) is 0 Å². The number of esters is 2. The average molecular weight is 693 g/mol. The summed E-state index contributed by atoms with van der Waals surface area (Å²) in [6, 6.07) is 0. The second kappa shape index (κ2) is 39.7. The fourth-order valence-corrected chi connectivity index (χ4v) is 7.10. The molecule has 4 heteroatoms. The van der Waals surface area contributed by atoms with Crippen LogP contribution in [0, 0.1) is 11.8 Å². The van der Waals surface area contributed by atoms with Gasteiger partial charge in [0.15, 0.2) is 0 Å². The van der Waals surface area contributed by atoms with E-state index in [1.165, 1.54) is 186 Å². The topological polar surface area (TPSA) is 52.6 Å². The van der Waals surface area contributed by atoms with E-state index in [1.807, 2.05) is 0 Å². The van der Waals surface area contributed by atoms with E-state index in [-0.39, 0.29) is 11.9 Å². The number of carbonyl (C=O) groups is 2. The first-order chi connectivity index (χ1) is 24.0. The average Bonchev–Trinajstić information content (AvgIpc) is 3.09. The molecule has 0 amide bonds. The monoisotopic (exact) mass is 693 g/mol. The molecule has 0 aliphatic carbocycles. The van der Waals surface area contributed by atoms with Crippen LogP contribution in [0.4, 0.5) is 0 Å². The third-order valence-corrected chi connectivity index (χ3v) is 10.6. The van der Waals surface area contributed by atoms with Gasteiger partial charge in [-0.3, -0.25) is 9.59 Å². The quantitative estimate of drug-likeness (QED) is 0.0474. The van der Waals surface area contributed by atoms with Crippen molar-refractivity contribution in [1.29, 1.82) is 0 Å². The summed E-state index contributed by atoms with van der Waals surface area (Å²) in [5.41, 5.74) is 0. The summed E-state index contributed by atoms with van der Waals surface area (Å²) in [7, 11) is 0. The Morgan fingerprint density at radius 1 is 0.367 bits per heavy atom. The smallest absolute Gasteiger partial charge is 0.305 e. The third kappa shape index (κ3) is 38.0. The van der Waals surface area contributed by atoms with Gasteiger partial charge in [-0.2, -0.15) is 0 Å². The molecule has 0 N–H and O–H groups in total. The van der Waals surface area contributed by atoms with Crippen LogP contribution in [-0.2, 0) is 19.1 Å². The molecule has 0 aromatic carbocycles. The van der Waals surface area contributed by atoms with Crippen molar-refractivity contribution in [3.8, 4) is 0 Å². The van der Waals surface area contributed by atoms with Gasteiger partial charge in [-0.05, 0) is 37.5 Å². The Morgan fingerprint density at radius 2 is 0.633 bits per heavy atom. The fourth-order valence-electron chi connectivity index (χ4n) is 7.10. The maximum absolute atomic E-state index is 12.0. The number of hydrogen-bond acceptors (Lipinski definition) is 4. The summed E-state index contributed by atoms with van der Waals surface area (Å²) in [4.78, 5) is 24.1. The molecule has 0 fully saturated rings. The number of unbranched alkanes of at least 4 members (excludes halogenated alkanes) is 27. The molecule has 0 rings (SSSR count). The Morgan fingerprint density at radius 3 is 0.939 bits per heavy atom. The van der Waals surface area contributed by atoms with E-state index in [9.17, 15) is 9.59 Å². The minimum atomic E-state index is 0.00604. The van der Waals surface area contributed by atoms with Gasteiger partial charge in [0.05, 0.1) is 13.2 Å². The van der Waals surface area contributed by atoms with Crippen molar-refractivity contribution >= 4 is 11.9 Å². The molecule has 0 saturated carbocycles. The Bertz CT molecular complexity index is 675. The number of ether oxygens (including phenoxy) is 2. The van der Waals surface area contributed by atoms with Gasteiger partial charge in [0.1, 0.15) is 0 Å². The van der Waals surface area contributed by atoms with Crippen LogP contribution in [-0.4, -0.2) is 25.2 Å². The minimum absolute atomic E-state index is 0.00604. The lowest BCUT2D eigenvalue weighted by molar-refractivity contribution is -0.144. The van der Waals surface area contributed by atoms with Crippen LogP contribution in [0.5, 0.6) is 0 Å². The first-order valence-corrected chi connectivity index (χ1v) is 22.3. The van der Waals surface area contributed by atoms with Crippen molar-refractivity contribution in [3.63, 3.8) is 0 Å². The highest BCUT2D eigenvalue weighted by molar-refractivity contribution is 5.69. The Balaban J connectivity index is 3.51. The summed E-state index contributed by atoms with van der Waals surface area (Å²) < 4.78 is 11.0. The van der Waals surface area contributed by atoms with Crippen LogP contribution >= 0.6 is 0 Å². The molecule has 0 heterocycles. The highest BCUT2D eigenvalue weighted by atomic mass is 16.5. The van der Waals surface area contributed by atoms with Crippen molar-refractivity contribution < 1.29 is 19.1 Å². The summed E-state index contributed by atoms with van der Waals surface area (Å²) >= 11 is 0. The van der Waals surface area contributed by atoms with Gasteiger partial charge < -0.3 is 9.47 Å². The first kappa shape index (κ1) is 47.9. The first-order valence-electron chi connectivity index (χ1n) is 22.3. The van der Waals surface area contributed by atoms with Gasteiger partial charge in [-0.25, -0.2) is 0 Å². The maximum Gasteiger partial charge on any atom is 0.305 e. The molecule has 0 radical (unpaired) electrons. The minimum Gasteiger partial charge on any atom is -0.466 e. The van der Waals surface area contributed by atoms with Crippen molar-refractivity contribution in [1.82, 2.24) is 0 Å². The standard InChI is InChI=1S/C45H88O4/c1-5-7-9-11-13-15-17-19-21-25-32-38-44(46)48-40-34-28-23-24-30-36-43(42(3)4)37-31-27-29-35-41-49-45(47)39-33-26-22-20-18-16-14-12-10-8-6-2/h42-43H,5-41H2,1-4H3. The summed E-state index contributed by atoms with van der Waals surface area (Å²) in [5, 5.41) is 0. The second-order valence-electron chi connectivity index (χ2n) is 15.8. The SMILES string of the molecule is CCCCCCCCCCCCCC(=O)OCCCCCCCC(CCCCCCOC(=O)CCCCCCCCCCCCC)C(C)C. The fraction of sp³-hybridized carbons (Fsp3) is 0.956. The molecule has 292 valence electrons. The van der Waals surface area contributed by atoms with Crippen molar-refractivity contribution in [3.05, 3.63) is 0 Å². The van der Waals surface area contributed by atoms with Crippen molar-refractivity contribution in [2.45, 2.75) is 252 Å². The summed E-state index contributed by atoms with van der Waals surface area (Å²) in [6.07, 6.45) is 43.4. The van der Waals surface area contributed by atoms with Gasteiger partial charge in [0.2, 0.25) is 0 Å². The van der Waals surface area contributed by atoms with E-state index in [2.05, 4.69) is 27.7 Å². The molecule has 4 nitrogen and oxygen atoms in total. The molecule has 0 spiro atoms. The van der Waals surface area contributed by atoms with Gasteiger partial charge in [-0.15, -0.1) is 0 Å². The largest absolute Gasteiger partial charge is 0.466 e. The highest BCUT2D eigenvalue weighted by Crippen LogP contribution is 2.25. The lowest BCUT2D eigenvalue weighted by Gasteiger charge is -2.20. The molecule has 0 aliphatic rings. The molecular formula is C45H88O4. The third-order valence-electron chi connectivity index (χ3n) is 10.6. The molecule has 0 aromatic rings. The van der Waals surface area contributed by atoms with Crippen LogP contribution < -0.4 is 0 Å². The van der Waals surface area contributed by atoms with Crippen molar-refractivity contribution in [2.75, 3.05) is 13.2 Å². The zero-order valence-corrected chi connectivity index (χ0v) is 34.0. The normalized spacial score (nSPS) is 12.1. The predicted octanol–water partition coefficient (Wildman–Crippen LogP) is 15.0. The van der Waals surface area contributed by atoms with Crippen LogP contribution in [0.3, 0.4) is 0 Å². The zero-order valence-electron chi connectivity index (χ0n) is 34.0. The lowest BCUT2D eigenvalue weighted by Crippen LogP contribution is -2.09. The predicted molar refractivity (Wildman–Crippen MR) is 213 cm³/mol. The molecule has 0 bridgehead atoms. The lowest BCUT2D eigenvalue weighted by atomic mass is 9.85. The van der Waals surface area contributed by atoms with E-state index in [4.69, 9.17) is 9.47 Å². The van der Waals surface area contributed by atoms with E-state index in [1.54, 1.807) is 0 Å². The molecule has 0 aliphatic heterocycles. The Kier molecular flexibility index (Phi) is 38.9. The van der Waals surface area contributed by atoms with Crippen molar-refractivity contribution in [2.24, 2.45) is 11.8 Å². The molecule has 49 heavy (non-hydrogen) atoms. The van der Waals surface area contributed by atoms with E-state index in [0.29, 0.717) is 26.1 Å².